The van der Waals surface area contributed by atoms with Gasteiger partial charge < -0.3 is 13.6 Å². The van der Waals surface area contributed by atoms with E-state index in [1.165, 1.54) is 4.57 Å². The number of carbonyl (C=O) groups is 1. The van der Waals surface area contributed by atoms with Crippen LogP contribution in [0.25, 0.3) is 0 Å². The zero-order valence-corrected chi connectivity index (χ0v) is 10.6. The monoisotopic (exact) mass is 245 g/mol. The first-order valence-corrected chi connectivity index (χ1v) is 6.64. The Labute approximate surface area is 94.9 Å². The van der Waals surface area contributed by atoms with Crippen LogP contribution in [-0.2, 0) is 20.7 Å². The number of aromatic nitrogens is 1. The predicted molar refractivity (Wildman–Crippen MR) is 61.3 cm³/mol. The van der Waals surface area contributed by atoms with Crippen LogP contribution >= 0.6 is 7.60 Å². The first kappa shape index (κ1) is 13.2. The van der Waals surface area contributed by atoms with E-state index in [1.807, 2.05) is 0 Å². The Morgan fingerprint density at radius 2 is 1.88 bits per heavy atom. The molecule has 0 aliphatic carbocycles. The van der Waals surface area contributed by atoms with Gasteiger partial charge in [0.2, 0.25) is 0 Å². The normalized spacial score (nSPS) is 11.7. The van der Waals surface area contributed by atoms with Crippen molar-refractivity contribution in [2.45, 2.75) is 13.8 Å². The molecule has 0 atom stereocenters. The number of rotatable bonds is 6. The molecule has 0 spiro atoms. The Morgan fingerprint density at radius 1 is 1.31 bits per heavy atom. The van der Waals surface area contributed by atoms with Crippen LogP contribution in [0, 0.1) is 0 Å². The van der Waals surface area contributed by atoms with Crippen LogP contribution in [0.3, 0.4) is 0 Å². The van der Waals surface area contributed by atoms with Crippen molar-refractivity contribution in [2.75, 3.05) is 13.2 Å². The molecule has 1 aromatic heterocycles. The lowest BCUT2D eigenvalue weighted by atomic mass is 10.5. The van der Waals surface area contributed by atoms with Crippen molar-refractivity contribution < 1.29 is 18.4 Å². The molecule has 90 valence electrons. The number of hydrogen-bond acceptors (Lipinski definition) is 4. The minimum Gasteiger partial charge on any atom is -0.335 e. The van der Waals surface area contributed by atoms with E-state index in [0.29, 0.717) is 30.6 Å². The number of carbonyl (C=O) groups excluding carboxylic acids is 1. The fourth-order valence-corrected chi connectivity index (χ4v) is 3.18. The minimum absolute atomic E-state index is 0.291. The topological polar surface area (TPSA) is 57.5 Å². The smallest absolute Gasteiger partial charge is 0.335 e. The molecule has 1 rings (SSSR count). The molecule has 0 saturated heterocycles. The van der Waals surface area contributed by atoms with Gasteiger partial charge in [0, 0.05) is 7.05 Å². The van der Waals surface area contributed by atoms with Crippen molar-refractivity contribution in [2.24, 2.45) is 7.05 Å². The van der Waals surface area contributed by atoms with Crippen molar-refractivity contribution in [3.8, 4) is 0 Å². The van der Waals surface area contributed by atoms with E-state index in [4.69, 9.17) is 9.05 Å². The maximum atomic E-state index is 12.4. The van der Waals surface area contributed by atoms with Gasteiger partial charge in [0.15, 0.2) is 6.29 Å². The summed E-state index contributed by atoms with van der Waals surface area (Å²) in [5.41, 5.74) is 0.841. The van der Waals surface area contributed by atoms with Gasteiger partial charge in [0.1, 0.15) is 5.44 Å². The predicted octanol–water partition coefficient (Wildman–Crippen LogP) is 1.73. The number of aldehydes is 1. The summed E-state index contributed by atoms with van der Waals surface area (Å²) < 4.78 is 24.3. The lowest BCUT2D eigenvalue weighted by Gasteiger charge is -2.17. The van der Waals surface area contributed by atoms with Gasteiger partial charge in [0.25, 0.3) is 0 Å². The van der Waals surface area contributed by atoms with E-state index in [0.717, 1.165) is 0 Å². The van der Waals surface area contributed by atoms with Gasteiger partial charge in [-0.15, -0.1) is 0 Å². The summed E-state index contributed by atoms with van der Waals surface area (Å²) in [7, 11) is -1.64. The maximum Gasteiger partial charge on any atom is 0.377 e. The summed E-state index contributed by atoms with van der Waals surface area (Å²) in [6.07, 6.45) is 0.700. The third-order valence-electron chi connectivity index (χ3n) is 2.13. The zero-order valence-electron chi connectivity index (χ0n) is 9.67. The van der Waals surface area contributed by atoms with Crippen molar-refractivity contribution in [3.05, 3.63) is 17.8 Å². The average Bonchev–Trinajstić information content (AvgIpc) is 2.60. The van der Waals surface area contributed by atoms with E-state index in [9.17, 15) is 9.36 Å². The van der Waals surface area contributed by atoms with E-state index < -0.39 is 7.60 Å². The van der Waals surface area contributed by atoms with Crippen LogP contribution in [-0.4, -0.2) is 24.1 Å². The Kier molecular flexibility index (Phi) is 4.47. The number of hydrogen-bond donors (Lipinski definition) is 0. The SMILES string of the molecule is CCOP(=O)(OCC)c1ccc(C=O)n1C. The molecule has 1 aromatic rings. The Bertz CT molecular complexity index is 403. The van der Waals surface area contributed by atoms with Crippen LogP contribution < -0.4 is 5.44 Å². The fraction of sp³-hybridized carbons (Fsp3) is 0.500. The molecule has 0 bridgehead atoms. The minimum atomic E-state index is -3.30. The Hall–Kier alpha value is -0.900. The molecule has 0 fully saturated rings. The summed E-state index contributed by atoms with van der Waals surface area (Å²) in [4.78, 5) is 10.7. The molecule has 0 saturated carbocycles. The zero-order chi connectivity index (χ0) is 12.2. The highest BCUT2D eigenvalue weighted by Crippen LogP contribution is 2.46. The third kappa shape index (κ3) is 2.43. The van der Waals surface area contributed by atoms with Crippen LogP contribution in [0.1, 0.15) is 24.3 Å². The average molecular weight is 245 g/mol. The second-order valence-electron chi connectivity index (χ2n) is 3.13. The summed E-state index contributed by atoms with van der Waals surface area (Å²) >= 11 is 0. The molecular weight excluding hydrogens is 229 g/mol. The highest BCUT2D eigenvalue weighted by Gasteiger charge is 2.30. The van der Waals surface area contributed by atoms with Gasteiger partial charge in [-0.05, 0) is 26.0 Å². The molecule has 0 radical (unpaired) electrons. The summed E-state index contributed by atoms with van der Waals surface area (Å²) in [6.45, 7) is 4.07. The van der Waals surface area contributed by atoms with E-state index in [1.54, 1.807) is 33.0 Å². The Balaban J connectivity index is 3.15. The second kappa shape index (κ2) is 5.43. The van der Waals surface area contributed by atoms with Crippen molar-refractivity contribution in [1.29, 1.82) is 0 Å². The van der Waals surface area contributed by atoms with Gasteiger partial charge in [0.05, 0.1) is 18.9 Å². The Morgan fingerprint density at radius 3 is 2.25 bits per heavy atom. The highest BCUT2D eigenvalue weighted by atomic mass is 31.2. The standard InChI is InChI=1S/C10H16NO4P/c1-4-14-16(13,15-5-2)10-7-6-9(8-12)11(10)3/h6-8H,4-5H2,1-3H3. The quantitative estimate of drug-likeness (QED) is 0.565. The lowest BCUT2D eigenvalue weighted by molar-refractivity contribution is 0.111. The molecule has 0 aliphatic heterocycles. The van der Waals surface area contributed by atoms with Crippen LogP contribution in [0.2, 0.25) is 0 Å². The molecule has 0 aliphatic rings. The first-order valence-electron chi connectivity index (χ1n) is 5.09. The molecule has 6 heteroatoms. The molecule has 0 amide bonds. The number of nitrogens with zero attached hydrogens (tertiary/aromatic N) is 1. The van der Waals surface area contributed by atoms with E-state index in [-0.39, 0.29) is 0 Å². The van der Waals surface area contributed by atoms with Crippen LogP contribution in [0.5, 0.6) is 0 Å². The third-order valence-corrected chi connectivity index (χ3v) is 4.34. The highest BCUT2D eigenvalue weighted by molar-refractivity contribution is 7.62. The fourth-order valence-electron chi connectivity index (χ4n) is 1.42. The van der Waals surface area contributed by atoms with Crippen molar-refractivity contribution >= 4 is 19.3 Å². The van der Waals surface area contributed by atoms with Gasteiger partial charge in [-0.2, -0.15) is 0 Å². The summed E-state index contributed by atoms with van der Waals surface area (Å²) in [5.74, 6) is 0. The van der Waals surface area contributed by atoms with Crippen molar-refractivity contribution in [3.63, 3.8) is 0 Å². The summed E-state index contributed by atoms with van der Waals surface area (Å²) in [6, 6.07) is 3.18. The van der Waals surface area contributed by atoms with Gasteiger partial charge in [-0.1, -0.05) is 0 Å². The first-order chi connectivity index (χ1) is 7.59. The van der Waals surface area contributed by atoms with E-state index in [2.05, 4.69) is 0 Å². The van der Waals surface area contributed by atoms with Crippen molar-refractivity contribution in [1.82, 2.24) is 4.57 Å². The largest absolute Gasteiger partial charge is 0.377 e. The molecule has 0 N–H and O–H groups in total. The molecule has 16 heavy (non-hydrogen) atoms. The molecule has 0 aromatic carbocycles. The second-order valence-corrected chi connectivity index (χ2v) is 5.10. The molecule has 0 unspecified atom stereocenters. The van der Waals surface area contributed by atoms with Gasteiger partial charge in [-0.3, -0.25) is 9.36 Å². The molecular formula is C10H16NO4P. The van der Waals surface area contributed by atoms with E-state index >= 15 is 0 Å². The van der Waals surface area contributed by atoms with Crippen LogP contribution in [0.15, 0.2) is 12.1 Å². The lowest BCUT2D eigenvalue weighted by Crippen LogP contribution is -2.19. The van der Waals surface area contributed by atoms with Gasteiger partial charge >= 0.3 is 7.60 Å². The van der Waals surface area contributed by atoms with Gasteiger partial charge in [-0.25, -0.2) is 0 Å². The molecule has 5 nitrogen and oxygen atoms in total. The molecule has 1 heterocycles. The summed E-state index contributed by atoms with van der Waals surface area (Å²) in [5, 5.41) is 0. The van der Waals surface area contributed by atoms with Crippen LogP contribution in [0.4, 0.5) is 0 Å². The maximum absolute atomic E-state index is 12.4.